The predicted molar refractivity (Wildman–Crippen MR) is 60.9 cm³/mol. The van der Waals surface area contributed by atoms with Crippen molar-refractivity contribution in [1.82, 2.24) is 4.90 Å². The van der Waals surface area contributed by atoms with E-state index in [0.717, 1.165) is 0 Å². The summed E-state index contributed by atoms with van der Waals surface area (Å²) >= 11 is 5.71. The van der Waals surface area contributed by atoms with E-state index in [9.17, 15) is 9.59 Å². The lowest BCUT2D eigenvalue weighted by Crippen LogP contribution is -2.24. The van der Waals surface area contributed by atoms with Crippen molar-refractivity contribution >= 4 is 23.5 Å². The van der Waals surface area contributed by atoms with Crippen LogP contribution in [0.4, 0.5) is 0 Å². The molecule has 0 aliphatic carbocycles. The van der Waals surface area contributed by atoms with Gasteiger partial charge in [-0.15, -0.1) is 11.6 Å². The lowest BCUT2D eigenvalue weighted by Gasteiger charge is -2.16. The molecule has 0 N–H and O–H groups in total. The molecular formula is C11H16ClNO3. The standard InChI is InChI=1S/C11H16ClNO3/c1-3-16-11(15)4-8(2)13-7-9(6-12)5-10(13)14/h4,9H,3,5-7H2,1-2H3. The zero-order valence-electron chi connectivity index (χ0n) is 9.53. The molecule has 1 rings (SSSR count). The van der Waals surface area contributed by atoms with Gasteiger partial charge in [-0.2, -0.15) is 0 Å². The highest BCUT2D eigenvalue weighted by Gasteiger charge is 2.29. The first-order valence-corrected chi connectivity index (χ1v) is 5.83. The number of carbonyl (C=O) groups is 2. The van der Waals surface area contributed by atoms with Gasteiger partial charge < -0.3 is 9.64 Å². The van der Waals surface area contributed by atoms with Crippen LogP contribution >= 0.6 is 11.6 Å². The van der Waals surface area contributed by atoms with E-state index in [1.807, 2.05) is 0 Å². The number of rotatable bonds is 4. The van der Waals surface area contributed by atoms with Crippen LogP contribution in [0.2, 0.25) is 0 Å². The average molecular weight is 246 g/mol. The second kappa shape index (κ2) is 5.89. The smallest absolute Gasteiger partial charge is 0.332 e. The molecule has 0 bridgehead atoms. The van der Waals surface area contributed by atoms with Crippen molar-refractivity contribution in [3.05, 3.63) is 11.8 Å². The number of esters is 1. The molecule has 1 heterocycles. The summed E-state index contributed by atoms with van der Waals surface area (Å²) in [5.74, 6) is 0.250. The van der Waals surface area contributed by atoms with Crippen LogP contribution in [0.5, 0.6) is 0 Å². The van der Waals surface area contributed by atoms with Gasteiger partial charge in [0.2, 0.25) is 5.91 Å². The molecule has 0 aromatic carbocycles. The Morgan fingerprint density at radius 3 is 2.88 bits per heavy atom. The number of carbonyl (C=O) groups excluding carboxylic acids is 2. The zero-order chi connectivity index (χ0) is 12.1. The largest absolute Gasteiger partial charge is 0.463 e. The van der Waals surface area contributed by atoms with Crippen molar-refractivity contribution in [3.63, 3.8) is 0 Å². The van der Waals surface area contributed by atoms with Crippen LogP contribution in [-0.2, 0) is 14.3 Å². The molecule has 5 heteroatoms. The molecule has 90 valence electrons. The van der Waals surface area contributed by atoms with Crippen LogP contribution < -0.4 is 0 Å². The van der Waals surface area contributed by atoms with E-state index in [2.05, 4.69) is 0 Å². The maximum absolute atomic E-state index is 11.6. The van der Waals surface area contributed by atoms with Crippen LogP contribution in [0, 0.1) is 5.92 Å². The molecule has 4 nitrogen and oxygen atoms in total. The third-order valence-corrected chi connectivity index (χ3v) is 2.90. The Bertz CT molecular complexity index is 314. The van der Waals surface area contributed by atoms with E-state index in [1.54, 1.807) is 18.7 Å². The molecule has 1 unspecified atom stereocenters. The Kier molecular flexibility index (Phi) is 4.80. The van der Waals surface area contributed by atoms with Gasteiger partial charge in [-0.3, -0.25) is 4.79 Å². The van der Waals surface area contributed by atoms with Crippen molar-refractivity contribution in [2.24, 2.45) is 5.92 Å². The third-order valence-electron chi connectivity index (χ3n) is 2.46. The summed E-state index contributed by atoms with van der Waals surface area (Å²) in [6.45, 7) is 4.39. The first kappa shape index (κ1) is 13.0. The summed E-state index contributed by atoms with van der Waals surface area (Å²) in [7, 11) is 0. The van der Waals surface area contributed by atoms with Crippen LogP contribution in [0.25, 0.3) is 0 Å². The quantitative estimate of drug-likeness (QED) is 0.429. The molecule has 0 aromatic heterocycles. The summed E-state index contributed by atoms with van der Waals surface area (Å²) < 4.78 is 4.78. The number of hydrogen-bond donors (Lipinski definition) is 0. The number of amides is 1. The first-order chi connectivity index (χ1) is 7.58. The molecule has 0 aromatic rings. The molecular weight excluding hydrogens is 230 g/mol. The maximum Gasteiger partial charge on any atom is 0.332 e. The summed E-state index contributed by atoms with van der Waals surface area (Å²) in [5.41, 5.74) is 0.621. The topological polar surface area (TPSA) is 46.6 Å². The minimum atomic E-state index is -0.415. The van der Waals surface area contributed by atoms with E-state index < -0.39 is 5.97 Å². The summed E-state index contributed by atoms with van der Waals surface area (Å²) in [6, 6.07) is 0. The molecule has 1 amide bonds. The fraction of sp³-hybridized carbons (Fsp3) is 0.636. The molecule has 0 radical (unpaired) electrons. The molecule has 16 heavy (non-hydrogen) atoms. The van der Waals surface area contributed by atoms with Crippen LogP contribution in [0.1, 0.15) is 20.3 Å². The van der Waals surface area contributed by atoms with Crippen molar-refractivity contribution in [2.75, 3.05) is 19.0 Å². The van der Waals surface area contributed by atoms with Gasteiger partial charge in [0.05, 0.1) is 6.61 Å². The lowest BCUT2D eigenvalue weighted by molar-refractivity contribution is -0.137. The van der Waals surface area contributed by atoms with Gasteiger partial charge in [0, 0.05) is 30.6 Å². The number of alkyl halides is 1. The van der Waals surface area contributed by atoms with E-state index in [1.165, 1.54) is 6.08 Å². The van der Waals surface area contributed by atoms with Crippen molar-refractivity contribution in [3.8, 4) is 0 Å². The summed E-state index contributed by atoms with van der Waals surface area (Å²) in [4.78, 5) is 24.4. The van der Waals surface area contributed by atoms with Gasteiger partial charge in [-0.25, -0.2) is 4.79 Å². The maximum atomic E-state index is 11.6. The van der Waals surface area contributed by atoms with E-state index in [-0.39, 0.29) is 11.8 Å². The molecule has 0 saturated carbocycles. The molecule has 1 fully saturated rings. The predicted octanol–water partition coefficient (Wildman–Crippen LogP) is 1.54. The summed E-state index contributed by atoms with van der Waals surface area (Å²) in [5, 5.41) is 0. The number of nitrogens with zero attached hydrogens (tertiary/aromatic N) is 1. The van der Waals surface area contributed by atoms with Gasteiger partial charge in [0.15, 0.2) is 0 Å². The Labute approximate surface area is 100 Å². The Balaban J connectivity index is 2.63. The molecule has 0 spiro atoms. The van der Waals surface area contributed by atoms with E-state index in [4.69, 9.17) is 16.3 Å². The van der Waals surface area contributed by atoms with Crippen molar-refractivity contribution < 1.29 is 14.3 Å². The average Bonchev–Trinajstić information content (AvgIpc) is 2.60. The number of hydrogen-bond acceptors (Lipinski definition) is 3. The second-order valence-corrected chi connectivity index (χ2v) is 4.08. The van der Waals surface area contributed by atoms with Crippen LogP contribution in [-0.4, -0.2) is 35.8 Å². The highest BCUT2D eigenvalue weighted by atomic mass is 35.5. The second-order valence-electron chi connectivity index (χ2n) is 3.77. The molecule has 1 saturated heterocycles. The molecule has 1 atom stereocenters. The molecule has 1 aliphatic rings. The Morgan fingerprint density at radius 2 is 2.38 bits per heavy atom. The minimum absolute atomic E-state index is 0.0173. The first-order valence-electron chi connectivity index (χ1n) is 5.29. The summed E-state index contributed by atoms with van der Waals surface area (Å²) in [6.07, 6.45) is 1.80. The van der Waals surface area contributed by atoms with E-state index in [0.29, 0.717) is 31.1 Å². The normalized spacial score (nSPS) is 21.4. The lowest BCUT2D eigenvalue weighted by atomic mass is 10.1. The zero-order valence-corrected chi connectivity index (χ0v) is 10.3. The van der Waals surface area contributed by atoms with Gasteiger partial charge in [-0.05, 0) is 19.8 Å². The van der Waals surface area contributed by atoms with Crippen molar-refractivity contribution in [1.29, 1.82) is 0 Å². The van der Waals surface area contributed by atoms with Gasteiger partial charge >= 0.3 is 5.97 Å². The van der Waals surface area contributed by atoms with Gasteiger partial charge in [-0.1, -0.05) is 0 Å². The number of halogens is 1. The highest BCUT2D eigenvalue weighted by molar-refractivity contribution is 6.18. The third kappa shape index (κ3) is 3.23. The number of allylic oxidation sites excluding steroid dienone is 1. The number of likely N-dealkylation sites (tertiary alicyclic amines) is 1. The highest BCUT2D eigenvalue weighted by Crippen LogP contribution is 2.22. The fourth-order valence-corrected chi connectivity index (χ4v) is 1.86. The SMILES string of the molecule is CCOC(=O)C=C(C)N1CC(CCl)CC1=O. The van der Waals surface area contributed by atoms with Gasteiger partial charge in [0.25, 0.3) is 0 Å². The van der Waals surface area contributed by atoms with Crippen LogP contribution in [0.3, 0.4) is 0 Å². The van der Waals surface area contributed by atoms with Gasteiger partial charge in [0.1, 0.15) is 0 Å². The molecule has 1 aliphatic heterocycles. The number of ether oxygens (including phenoxy) is 1. The van der Waals surface area contributed by atoms with Crippen LogP contribution in [0.15, 0.2) is 11.8 Å². The Morgan fingerprint density at radius 1 is 1.69 bits per heavy atom. The van der Waals surface area contributed by atoms with Crippen molar-refractivity contribution in [2.45, 2.75) is 20.3 Å². The fourth-order valence-electron chi connectivity index (χ4n) is 1.66. The van der Waals surface area contributed by atoms with E-state index >= 15 is 0 Å². The Hall–Kier alpha value is -1.03. The monoisotopic (exact) mass is 245 g/mol. The minimum Gasteiger partial charge on any atom is -0.463 e.